The van der Waals surface area contributed by atoms with Gasteiger partial charge in [-0.2, -0.15) is 0 Å². The van der Waals surface area contributed by atoms with E-state index in [2.05, 4.69) is 22.9 Å². The van der Waals surface area contributed by atoms with Crippen molar-refractivity contribution in [3.05, 3.63) is 24.3 Å². The number of carbonyl (C=O) groups excluding carboxylic acids is 4. The first-order chi connectivity index (χ1) is 12.8. The first-order valence-electron chi connectivity index (χ1n) is 9.11. The number of urea groups is 1. The van der Waals surface area contributed by atoms with E-state index in [1.165, 1.54) is 6.92 Å². The Balaban J connectivity index is 1.63. The number of nitrogens with one attached hydrogen (secondary N) is 3. The summed E-state index contributed by atoms with van der Waals surface area (Å²) < 4.78 is 0. The molecule has 1 saturated heterocycles. The van der Waals surface area contributed by atoms with E-state index in [4.69, 9.17) is 0 Å². The second-order valence-corrected chi connectivity index (χ2v) is 7.40. The van der Waals surface area contributed by atoms with Gasteiger partial charge in [-0.15, -0.1) is 0 Å². The third kappa shape index (κ3) is 4.10. The lowest BCUT2D eigenvalue weighted by atomic mass is 9.77. The van der Waals surface area contributed by atoms with Crippen molar-refractivity contribution in [1.82, 2.24) is 10.2 Å². The highest BCUT2D eigenvalue weighted by atomic mass is 16.2. The Hall–Kier alpha value is -2.90. The van der Waals surface area contributed by atoms with Gasteiger partial charge < -0.3 is 16.0 Å². The number of amides is 5. The second-order valence-electron chi connectivity index (χ2n) is 7.40. The van der Waals surface area contributed by atoms with Gasteiger partial charge in [0, 0.05) is 18.3 Å². The highest BCUT2D eigenvalue weighted by Crippen LogP contribution is 2.36. The van der Waals surface area contributed by atoms with E-state index in [9.17, 15) is 19.2 Å². The topological polar surface area (TPSA) is 108 Å². The molecule has 27 heavy (non-hydrogen) atoms. The third-order valence-corrected chi connectivity index (χ3v) is 5.14. The molecule has 1 saturated carbocycles. The molecule has 3 N–H and O–H groups in total. The average molecular weight is 372 g/mol. The SMILES string of the molecule is CC(=O)Nc1cccc(NC(=O)CN2C(=O)NC3(CCC(C)CC3)C2=O)c1. The molecule has 1 aliphatic carbocycles. The molecule has 1 spiro atoms. The lowest BCUT2D eigenvalue weighted by Crippen LogP contribution is -2.49. The summed E-state index contributed by atoms with van der Waals surface area (Å²) in [7, 11) is 0. The molecule has 0 aromatic heterocycles. The third-order valence-electron chi connectivity index (χ3n) is 5.14. The average Bonchev–Trinajstić information content (AvgIpc) is 2.82. The van der Waals surface area contributed by atoms with Crippen LogP contribution in [-0.2, 0) is 14.4 Å². The number of imide groups is 1. The number of hydrogen-bond acceptors (Lipinski definition) is 4. The maximum absolute atomic E-state index is 12.8. The van der Waals surface area contributed by atoms with Crippen molar-refractivity contribution < 1.29 is 19.2 Å². The molecule has 8 nitrogen and oxygen atoms in total. The van der Waals surface area contributed by atoms with Crippen LogP contribution >= 0.6 is 0 Å². The van der Waals surface area contributed by atoms with E-state index in [0.29, 0.717) is 30.1 Å². The summed E-state index contributed by atoms with van der Waals surface area (Å²) >= 11 is 0. The van der Waals surface area contributed by atoms with Crippen molar-refractivity contribution in [1.29, 1.82) is 0 Å². The van der Waals surface area contributed by atoms with Gasteiger partial charge in [0.15, 0.2) is 0 Å². The lowest BCUT2D eigenvalue weighted by molar-refractivity contribution is -0.135. The fraction of sp³-hybridized carbons (Fsp3) is 0.474. The Morgan fingerprint density at radius 3 is 2.44 bits per heavy atom. The predicted molar refractivity (Wildman–Crippen MR) is 100.0 cm³/mol. The fourth-order valence-corrected chi connectivity index (χ4v) is 3.64. The predicted octanol–water partition coefficient (Wildman–Crippen LogP) is 2.08. The minimum absolute atomic E-state index is 0.218. The maximum atomic E-state index is 12.8. The molecule has 0 unspecified atom stereocenters. The molecule has 144 valence electrons. The van der Waals surface area contributed by atoms with Crippen LogP contribution in [0.5, 0.6) is 0 Å². The van der Waals surface area contributed by atoms with Gasteiger partial charge in [-0.3, -0.25) is 19.3 Å². The minimum atomic E-state index is -0.852. The summed E-state index contributed by atoms with van der Waals surface area (Å²) in [4.78, 5) is 49.5. The number of hydrogen-bond donors (Lipinski definition) is 3. The minimum Gasteiger partial charge on any atom is -0.326 e. The van der Waals surface area contributed by atoms with Crippen LogP contribution in [-0.4, -0.2) is 40.7 Å². The fourth-order valence-electron chi connectivity index (χ4n) is 3.64. The van der Waals surface area contributed by atoms with Gasteiger partial charge in [0.05, 0.1) is 0 Å². The lowest BCUT2D eigenvalue weighted by Gasteiger charge is -2.33. The first kappa shape index (κ1) is 18.9. The van der Waals surface area contributed by atoms with Crippen LogP contribution in [0.3, 0.4) is 0 Å². The van der Waals surface area contributed by atoms with Crippen molar-refractivity contribution in [2.24, 2.45) is 5.92 Å². The largest absolute Gasteiger partial charge is 0.326 e. The molecular weight excluding hydrogens is 348 g/mol. The summed E-state index contributed by atoms with van der Waals surface area (Å²) in [6.07, 6.45) is 2.97. The quantitative estimate of drug-likeness (QED) is 0.703. The zero-order chi connectivity index (χ0) is 19.6. The molecular formula is C19H24N4O4. The van der Waals surface area contributed by atoms with Gasteiger partial charge in [0.1, 0.15) is 12.1 Å². The first-order valence-corrected chi connectivity index (χ1v) is 9.11. The van der Waals surface area contributed by atoms with Crippen molar-refractivity contribution >= 4 is 35.1 Å². The highest BCUT2D eigenvalue weighted by molar-refractivity contribution is 6.10. The smallest absolute Gasteiger partial charge is 0.325 e. The molecule has 3 rings (SSSR count). The number of rotatable bonds is 4. The van der Waals surface area contributed by atoms with Crippen molar-refractivity contribution in [3.8, 4) is 0 Å². The van der Waals surface area contributed by atoms with Gasteiger partial charge >= 0.3 is 6.03 Å². The Morgan fingerprint density at radius 2 is 1.81 bits per heavy atom. The number of nitrogens with zero attached hydrogens (tertiary/aromatic N) is 1. The van der Waals surface area contributed by atoms with E-state index < -0.39 is 17.5 Å². The highest BCUT2D eigenvalue weighted by Gasteiger charge is 2.52. The summed E-state index contributed by atoms with van der Waals surface area (Å²) in [6, 6.07) is 6.14. The zero-order valence-electron chi connectivity index (χ0n) is 15.5. The van der Waals surface area contributed by atoms with Crippen molar-refractivity contribution in [3.63, 3.8) is 0 Å². The van der Waals surface area contributed by atoms with E-state index in [1.807, 2.05) is 0 Å². The van der Waals surface area contributed by atoms with Crippen LogP contribution in [0.25, 0.3) is 0 Å². The van der Waals surface area contributed by atoms with Crippen LogP contribution in [0, 0.1) is 5.92 Å². The summed E-state index contributed by atoms with van der Waals surface area (Å²) in [5.41, 5.74) is 0.167. The summed E-state index contributed by atoms with van der Waals surface area (Å²) in [5.74, 6) is -0.472. The molecule has 0 bridgehead atoms. The Morgan fingerprint density at radius 1 is 1.19 bits per heavy atom. The normalized spacial score (nSPS) is 24.7. The van der Waals surface area contributed by atoms with Crippen LogP contribution in [0.15, 0.2) is 24.3 Å². The Labute approximate surface area is 157 Å². The second kappa shape index (κ2) is 7.38. The van der Waals surface area contributed by atoms with E-state index in [-0.39, 0.29) is 18.4 Å². The summed E-state index contributed by atoms with van der Waals surface area (Å²) in [6.45, 7) is 3.19. The molecule has 2 aliphatic rings. The van der Waals surface area contributed by atoms with Gasteiger partial charge in [0.2, 0.25) is 11.8 Å². The molecule has 0 atom stereocenters. The molecule has 1 aromatic rings. The van der Waals surface area contributed by atoms with Crippen molar-refractivity contribution in [2.45, 2.75) is 45.1 Å². The molecule has 1 aromatic carbocycles. The maximum Gasteiger partial charge on any atom is 0.325 e. The molecule has 1 aliphatic heterocycles. The van der Waals surface area contributed by atoms with Crippen molar-refractivity contribution in [2.75, 3.05) is 17.2 Å². The summed E-state index contributed by atoms with van der Waals surface area (Å²) in [5, 5.41) is 8.09. The van der Waals surface area contributed by atoms with Crippen LogP contribution in [0.4, 0.5) is 16.2 Å². The van der Waals surface area contributed by atoms with Crippen LogP contribution in [0.2, 0.25) is 0 Å². The van der Waals surface area contributed by atoms with Gasteiger partial charge in [0.25, 0.3) is 5.91 Å². The van der Waals surface area contributed by atoms with Gasteiger partial charge in [-0.25, -0.2) is 4.79 Å². The molecule has 5 amide bonds. The van der Waals surface area contributed by atoms with Crippen LogP contribution in [0.1, 0.15) is 39.5 Å². The van der Waals surface area contributed by atoms with Gasteiger partial charge in [-0.1, -0.05) is 13.0 Å². The monoisotopic (exact) mass is 372 g/mol. The number of benzene rings is 1. The molecule has 8 heteroatoms. The number of carbonyl (C=O) groups is 4. The standard InChI is InChI=1S/C19H24N4O4/c1-12-6-8-19(9-7-12)17(26)23(18(27)22-19)11-16(25)21-15-5-3-4-14(10-15)20-13(2)24/h3-5,10,12H,6-9,11H2,1-2H3,(H,20,24)(H,21,25)(H,22,27). The van der Waals surface area contributed by atoms with Gasteiger partial charge in [-0.05, 0) is 49.8 Å². The van der Waals surface area contributed by atoms with Crippen LogP contribution < -0.4 is 16.0 Å². The number of anilines is 2. The van der Waals surface area contributed by atoms with E-state index >= 15 is 0 Å². The molecule has 0 radical (unpaired) electrons. The van der Waals surface area contributed by atoms with E-state index in [1.54, 1.807) is 24.3 Å². The molecule has 2 fully saturated rings. The molecule has 1 heterocycles. The Bertz CT molecular complexity index is 784. The van der Waals surface area contributed by atoms with E-state index in [0.717, 1.165) is 17.7 Å². The zero-order valence-corrected chi connectivity index (χ0v) is 15.5. The Kier molecular flexibility index (Phi) is 5.16.